The molecular weight excluding hydrogens is 446 g/mol. The third-order valence-electron chi connectivity index (χ3n) is 10.1. The van der Waals surface area contributed by atoms with Crippen LogP contribution in [0.2, 0.25) is 0 Å². The number of benzene rings is 1. The van der Waals surface area contributed by atoms with Crippen molar-refractivity contribution in [3.63, 3.8) is 0 Å². The summed E-state index contributed by atoms with van der Waals surface area (Å²) in [6.07, 6.45) is 13.3. The normalized spacial score (nSPS) is 30.9. The quantitative estimate of drug-likeness (QED) is 0.692. The van der Waals surface area contributed by atoms with Gasteiger partial charge in [-0.25, -0.2) is 0 Å². The molecule has 0 radical (unpaired) electrons. The van der Waals surface area contributed by atoms with E-state index in [-0.39, 0.29) is 16.9 Å². The molecule has 1 aromatic carbocycles. The number of fused-ring (bicyclic) bond motifs is 2. The van der Waals surface area contributed by atoms with E-state index in [1.165, 1.54) is 37.7 Å². The van der Waals surface area contributed by atoms with Crippen LogP contribution in [0.5, 0.6) is 0 Å². The fourth-order valence-corrected chi connectivity index (χ4v) is 8.20. The molecule has 192 valence electrons. The first-order valence-corrected chi connectivity index (χ1v) is 14.3. The summed E-state index contributed by atoms with van der Waals surface area (Å²) in [5, 5.41) is 3.60. The number of nitrogens with one attached hydrogen (secondary N) is 1. The molecule has 4 atom stereocenters. The molecule has 1 aromatic heterocycles. The average molecular weight is 488 g/mol. The number of hydrogen-bond donors (Lipinski definition) is 1. The maximum atomic E-state index is 14.5. The maximum absolute atomic E-state index is 14.5. The Morgan fingerprint density at radius 2 is 1.83 bits per heavy atom. The SMILES string of the molecule is Cn1ccc2c(c1=O)CCCC21CNCC1C(=O)N1CCC(c2ccccc2)CC1C1CCCCC1. The van der Waals surface area contributed by atoms with Crippen molar-refractivity contribution in [1.29, 1.82) is 0 Å². The molecule has 1 saturated carbocycles. The van der Waals surface area contributed by atoms with Crippen molar-refractivity contribution in [2.45, 2.75) is 81.6 Å². The van der Waals surface area contributed by atoms with Crippen LogP contribution in [0.3, 0.4) is 0 Å². The highest BCUT2D eigenvalue weighted by Gasteiger charge is 2.52. The monoisotopic (exact) mass is 487 g/mol. The van der Waals surface area contributed by atoms with Crippen molar-refractivity contribution in [1.82, 2.24) is 14.8 Å². The third-order valence-corrected chi connectivity index (χ3v) is 10.1. The zero-order chi connectivity index (χ0) is 24.7. The minimum Gasteiger partial charge on any atom is -0.339 e. The van der Waals surface area contributed by atoms with E-state index < -0.39 is 0 Å². The van der Waals surface area contributed by atoms with Crippen LogP contribution in [0.4, 0.5) is 0 Å². The van der Waals surface area contributed by atoms with Gasteiger partial charge in [0.15, 0.2) is 0 Å². The van der Waals surface area contributed by atoms with Crippen molar-refractivity contribution >= 4 is 5.91 Å². The van der Waals surface area contributed by atoms with Crippen molar-refractivity contribution in [2.24, 2.45) is 18.9 Å². The highest BCUT2D eigenvalue weighted by molar-refractivity contribution is 5.82. The number of amides is 1. The molecule has 1 spiro atoms. The van der Waals surface area contributed by atoms with Gasteiger partial charge in [0.1, 0.15) is 0 Å². The van der Waals surface area contributed by atoms with Gasteiger partial charge in [-0.3, -0.25) is 9.59 Å². The molecule has 2 saturated heterocycles. The van der Waals surface area contributed by atoms with Gasteiger partial charge in [0.05, 0.1) is 5.92 Å². The second-order valence-electron chi connectivity index (χ2n) is 11.9. The molecule has 2 aromatic rings. The maximum Gasteiger partial charge on any atom is 0.253 e. The summed E-state index contributed by atoms with van der Waals surface area (Å²) in [6, 6.07) is 13.4. The van der Waals surface area contributed by atoms with Gasteiger partial charge >= 0.3 is 0 Å². The topological polar surface area (TPSA) is 54.3 Å². The Morgan fingerprint density at radius 3 is 2.64 bits per heavy atom. The largest absolute Gasteiger partial charge is 0.339 e. The molecular formula is C31H41N3O2. The van der Waals surface area contributed by atoms with E-state index in [2.05, 4.69) is 46.6 Å². The minimum absolute atomic E-state index is 0.0805. The van der Waals surface area contributed by atoms with Crippen molar-refractivity contribution < 1.29 is 4.79 Å². The summed E-state index contributed by atoms with van der Waals surface area (Å²) in [6.45, 7) is 2.39. The van der Waals surface area contributed by atoms with Gasteiger partial charge in [-0.1, -0.05) is 49.6 Å². The molecule has 4 unspecified atom stereocenters. The highest BCUT2D eigenvalue weighted by Crippen LogP contribution is 2.47. The number of pyridine rings is 1. The molecule has 2 aliphatic heterocycles. The molecule has 36 heavy (non-hydrogen) atoms. The zero-order valence-electron chi connectivity index (χ0n) is 21.8. The Labute approximate surface area is 215 Å². The Bertz CT molecular complexity index is 1150. The second-order valence-corrected chi connectivity index (χ2v) is 11.9. The summed E-state index contributed by atoms with van der Waals surface area (Å²) >= 11 is 0. The number of carbonyl (C=O) groups is 1. The predicted octanol–water partition coefficient (Wildman–Crippen LogP) is 4.53. The molecule has 1 N–H and O–H groups in total. The van der Waals surface area contributed by atoms with Gasteiger partial charge in [0.25, 0.3) is 5.56 Å². The minimum atomic E-state index is -0.245. The van der Waals surface area contributed by atoms with E-state index in [1.807, 2.05) is 13.2 Å². The number of hydrogen-bond acceptors (Lipinski definition) is 3. The molecule has 5 nitrogen and oxygen atoms in total. The van der Waals surface area contributed by atoms with Gasteiger partial charge in [-0.05, 0) is 74.0 Å². The van der Waals surface area contributed by atoms with E-state index in [0.717, 1.165) is 62.9 Å². The Morgan fingerprint density at radius 1 is 1.03 bits per heavy atom. The summed E-state index contributed by atoms with van der Waals surface area (Å²) in [4.78, 5) is 29.9. The smallest absolute Gasteiger partial charge is 0.253 e. The molecule has 0 bridgehead atoms. The highest BCUT2D eigenvalue weighted by atomic mass is 16.2. The molecule has 2 aliphatic carbocycles. The van der Waals surface area contributed by atoms with E-state index in [1.54, 1.807) is 4.57 Å². The van der Waals surface area contributed by atoms with E-state index in [0.29, 0.717) is 23.8 Å². The number of rotatable bonds is 3. The average Bonchev–Trinajstić information content (AvgIpc) is 3.35. The van der Waals surface area contributed by atoms with Gasteiger partial charge in [0.2, 0.25) is 5.91 Å². The van der Waals surface area contributed by atoms with E-state index >= 15 is 0 Å². The van der Waals surface area contributed by atoms with Gasteiger partial charge in [-0.15, -0.1) is 0 Å². The predicted molar refractivity (Wildman–Crippen MR) is 143 cm³/mol. The van der Waals surface area contributed by atoms with Gasteiger partial charge < -0.3 is 14.8 Å². The van der Waals surface area contributed by atoms with Crippen LogP contribution in [-0.2, 0) is 23.7 Å². The number of aryl methyl sites for hydroxylation is 1. The van der Waals surface area contributed by atoms with Gasteiger partial charge in [-0.2, -0.15) is 0 Å². The first-order valence-electron chi connectivity index (χ1n) is 14.3. The fourth-order valence-electron chi connectivity index (χ4n) is 8.20. The Hall–Kier alpha value is -2.40. The molecule has 4 aliphatic rings. The Kier molecular flexibility index (Phi) is 6.53. The van der Waals surface area contributed by atoms with Crippen LogP contribution in [0.15, 0.2) is 47.4 Å². The number of likely N-dealkylation sites (tertiary alicyclic amines) is 1. The van der Waals surface area contributed by atoms with Crippen LogP contribution in [0.25, 0.3) is 0 Å². The third kappa shape index (κ3) is 4.04. The molecule has 6 rings (SSSR count). The number of carbonyl (C=O) groups excluding carboxylic acids is 1. The number of aromatic nitrogens is 1. The van der Waals surface area contributed by atoms with Crippen LogP contribution in [0, 0.1) is 11.8 Å². The summed E-state index contributed by atoms with van der Waals surface area (Å²) in [7, 11) is 1.84. The molecule has 1 amide bonds. The van der Waals surface area contributed by atoms with Crippen molar-refractivity contribution in [2.75, 3.05) is 19.6 Å². The van der Waals surface area contributed by atoms with E-state index in [4.69, 9.17) is 0 Å². The molecule has 3 fully saturated rings. The number of nitrogens with zero attached hydrogens (tertiary/aromatic N) is 2. The lowest BCUT2D eigenvalue weighted by molar-refractivity contribution is -0.143. The second kappa shape index (κ2) is 9.81. The first-order chi connectivity index (χ1) is 17.6. The summed E-state index contributed by atoms with van der Waals surface area (Å²) in [5.41, 5.74) is 3.40. The van der Waals surface area contributed by atoms with Crippen molar-refractivity contribution in [3.8, 4) is 0 Å². The zero-order valence-corrected chi connectivity index (χ0v) is 21.8. The van der Waals surface area contributed by atoms with Crippen LogP contribution in [0.1, 0.15) is 80.4 Å². The number of piperidine rings is 1. The fraction of sp³-hybridized carbons (Fsp3) is 0.613. The summed E-state index contributed by atoms with van der Waals surface area (Å²) in [5.74, 6) is 1.42. The lowest BCUT2D eigenvalue weighted by atomic mass is 9.64. The van der Waals surface area contributed by atoms with Crippen LogP contribution < -0.4 is 10.9 Å². The lowest BCUT2D eigenvalue weighted by Gasteiger charge is -2.48. The molecule has 5 heteroatoms. The first kappa shape index (κ1) is 24.0. The van der Waals surface area contributed by atoms with E-state index in [9.17, 15) is 9.59 Å². The lowest BCUT2D eigenvalue weighted by Crippen LogP contribution is -2.55. The van der Waals surface area contributed by atoms with Crippen LogP contribution >= 0.6 is 0 Å². The van der Waals surface area contributed by atoms with Crippen molar-refractivity contribution in [3.05, 3.63) is 69.6 Å². The standard InChI is InChI=1S/C31H41N3O2/c1-33-17-15-26-25(29(33)35)13-8-16-31(26)21-32-20-27(31)30(36)34-18-14-24(22-9-4-2-5-10-22)19-28(34)23-11-6-3-7-12-23/h2,4-5,9-10,15,17,23-24,27-28,32H,3,6-8,11-14,16,18-21H2,1H3. The molecule has 3 heterocycles. The Balaban J connectivity index is 1.32. The van der Waals surface area contributed by atoms with Gasteiger partial charge in [0, 0.05) is 49.9 Å². The van der Waals surface area contributed by atoms with Crippen LogP contribution in [-0.4, -0.2) is 41.1 Å². The summed E-state index contributed by atoms with van der Waals surface area (Å²) < 4.78 is 1.70.